The van der Waals surface area contributed by atoms with Gasteiger partial charge in [0.05, 0.1) is 29.0 Å². The average molecular weight is 492 g/mol. The number of esters is 1. The normalized spacial score (nSPS) is 10.8. The molecule has 0 aliphatic rings. The predicted octanol–water partition coefficient (Wildman–Crippen LogP) is 6.03. The maximum atomic E-state index is 12.4. The molecule has 0 aromatic heterocycles. The van der Waals surface area contributed by atoms with E-state index in [4.69, 9.17) is 44.3 Å². The number of amides is 1. The number of nitrogens with zero attached hydrogens (tertiary/aromatic N) is 1. The number of nitrogens with one attached hydrogen (secondary N) is 1. The van der Waals surface area contributed by atoms with Crippen molar-refractivity contribution in [2.24, 2.45) is 5.10 Å². The average Bonchev–Trinajstić information content (AvgIpc) is 2.76. The van der Waals surface area contributed by atoms with E-state index in [1.165, 1.54) is 18.3 Å². The number of carbonyl (C=O) groups is 2. The first-order valence-corrected chi connectivity index (χ1v) is 10.5. The molecule has 0 saturated carbocycles. The summed E-state index contributed by atoms with van der Waals surface area (Å²) in [6.07, 6.45) is 1.43. The van der Waals surface area contributed by atoms with Crippen LogP contribution in [0.4, 0.5) is 0 Å². The molecule has 1 N–H and O–H groups in total. The van der Waals surface area contributed by atoms with Gasteiger partial charge in [-0.2, -0.15) is 5.10 Å². The molecule has 0 bridgehead atoms. The Morgan fingerprint density at radius 1 is 0.938 bits per heavy atom. The fraction of sp³-hybridized carbons (Fsp3) is 0.0870. The third kappa shape index (κ3) is 6.23. The Morgan fingerprint density at radius 2 is 1.66 bits per heavy atom. The Morgan fingerprint density at radius 3 is 2.34 bits per heavy atom. The molecule has 0 spiro atoms. The van der Waals surface area contributed by atoms with E-state index in [0.717, 1.165) is 0 Å². The smallest absolute Gasteiger partial charge is 0.343 e. The summed E-state index contributed by atoms with van der Waals surface area (Å²) < 4.78 is 11.0. The van der Waals surface area contributed by atoms with Gasteiger partial charge in [-0.05, 0) is 73.2 Å². The molecule has 0 radical (unpaired) electrons. The largest absolute Gasteiger partial charge is 0.490 e. The summed E-state index contributed by atoms with van der Waals surface area (Å²) in [5, 5.41) is 5.10. The number of hydrogen-bond donors (Lipinski definition) is 1. The van der Waals surface area contributed by atoms with E-state index in [9.17, 15) is 9.59 Å². The van der Waals surface area contributed by atoms with Crippen LogP contribution < -0.4 is 14.9 Å². The van der Waals surface area contributed by atoms with Gasteiger partial charge in [0.25, 0.3) is 5.91 Å². The maximum Gasteiger partial charge on any atom is 0.343 e. The molecule has 0 fully saturated rings. The number of rotatable bonds is 7. The highest BCUT2D eigenvalue weighted by Crippen LogP contribution is 2.29. The monoisotopic (exact) mass is 490 g/mol. The van der Waals surface area contributed by atoms with Crippen LogP contribution in [0.2, 0.25) is 15.1 Å². The molecular weight excluding hydrogens is 475 g/mol. The van der Waals surface area contributed by atoms with Gasteiger partial charge in [-0.25, -0.2) is 10.2 Å². The van der Waals surface area contributed by atoms with E-state index in [2.05, 4.69) is 10.5 Å². The van der Waals surface area contributed by atoms with Gasteiger partial charge in [-0.3, -0.25) is 4.79 Å². The Kier molecular flexibility index (Phi) is 8.11. The van der Waals surface area contributed by atoms with Crippen LogP contribution in [0, 0.1) is 0 Å². The molecule has 0 aliphatic heterocycles. The van der Waals surface area contributed by atoms with Gasteiger partial charge in [-0.1, -0.05) is 34.8 Å². The van der Waals surface area contributed by atoms with Crippen molar-refractivity contribution in [3.05, 3.63) is 92.4 Å². The zero-order valence-electron chi connectivity index (χ0n) is 16.8. The lowest BCUT2D eigenvalue weighted by molar-refractivity contribution is 0.0728. The lowest BCUT2D eigenvalue weighted by Gasteiger charge is -2.11. The zero-order chi connectivity index (χ0) is 23.1. The SMILES string of the molecule is CCOc1cc(C=NNC(=O)c2ccc(Cl)cc2Cl)ccc1OC(=O)c1ccc(Cl)cc1. The first-order chi connectivity index (χ1) is 15.4. The molecule has 3 aromatic carbocycles. The highest BCUT2D eigenvalue weighted by molar-refractivity contribution is 6.36. The van der Waals surface area contributed by atoms with Crippen LogP contribution in [0.25, 0.3) is 0 Å². The van der Waals surface area contributed by atoms with Crippen LogP contribution in [-0.4, -0.2) is 24.7 Å². The number of hydrogen-bond acceptors (Lipinski definition) is 5. The minimum Gasteiger partial charge on any atom is -0.490 e. The fourth-order valence-electron chi connectivity index (χ4n) is 2.60. The topological polar surface area (TPSA) is 77.0 Å². The van der Waals surface area contributed by atoms with Gasteiger partial charge in [0.15, 0.2) is 11.5 Å². The van der Waals surface area contributed by atoms with E-state index >= 15 is 0 Å². The lowest BCUT2D eigenvalue weighted by atomic mass is 10.2. The number of hydrazone groups is 1. The van der Waals surface area contributed by atoms with Crippen molar-refractivity contribution in [1.82, 2.24) is 5.43 Å². The standard InChI is InChI=1S/C23H17Cl3N2O4/c1-2-31-21-11-14(13-27-28-22(29)18-9-8-17(25)12-19(18)26)3-10-20(21)32-23(30)15-4-6-16(24)7-5-15/h3-13H,2H2,1H3,(H,28,29). The molecule has 3 aromatic rings. The molecule has 0 atom stereocenters. The van der Waals surface area contributed by atoms with Crippen molar-refractivity contribution in [2.45, 2.75) is 6.92 Å². The van der Waals surface area contributed by atoms with Gasteiger partial charge in [0.2, 0.25) is 0 Å². The Hall–Kier alpha value is -3.06. The second kappa shape index (κ2) is 11.0. The molecular formula is C23H17Cl3N2O4. The molecule has 9 heteroatoms. The molecule has 164 valence electrons. The van der Waals surface area contributed by atoms with Crippen LogP contribution in [0.5, 0.6) is 11.5 Å². The molecule has 0 unspecified atom stereocenters. The summed E-state index contributed by atoms with van der Waals surface area (Å²) in [6.45, 7) is 2.17. The lowest BCUT2D eigenvalue weighted by Crippen LogP contribution is -2.18. The quantitative estimate of drug-likeness (QED) is 0.189. The van der Waals surface area contributed by atoms with E-state index in [-0.39, 0.29) is 16.3 Å². The minimum atomic E-state index is -0.545. The van der Waals surface area contributed by atoms with Crippen molar-refractivity contribution < 1.29 is 19.1 Å². The summed E-state index contributed by atoms with van der Waals surface area (Å²) in [5.74, 6) is -0.427. The predicted molar refractivity (Wildman–Crippen MR) is 126 cm³/mol. The van der Waals surface area contributed by atoms with Gasteiger partial charge in [0.1, 0.15) is 0 Å². The minimum absolute atomic E-state index is 0.218. The third-order valence-electron chi connectivity index (χ3n) is 4.11. The van der Waals surface area contributed by atoms with E-state index < -0.39 is 11.9 Å². The first kappa shape index (κ1) is 23.6. The molecule has 32 heavy (non-hydrogen) atoms. The van der Waals surface area contributed by atoms with Crippen molar-refractivity contribution in [1.29, 1.82) is 0 Å². The highest BCUT2D eigenvalue weighted by atomic mass is 35.5. The third-order valence-corrected chi connectivity index (χ3v) is 4.91. The number of ether oxygens (including phenoxy) is 2. The van der Waals surface area contributed by atoms with E-state index in [0.29, 0.717) is 33.5 Å². The first-order valence-electron chi connectivity index (χ1n) is 9.40. The van der Waals surface area contributed by atoms with Crippen molar-refractivity contribution >= 4 is 52.9 Å². The van der Waals surface area contributed by atoms with Crippen LogP contribution in [-0.2, 0) is 0 Å². The summed E-state index contributed by atoms with van der Waals surface area (Å²) in [7, 11) is 0. The van der Waals surface area contributed by atoms with Crippen LogP contribution in [0.15, 0.2) is 65.8 Å². The van der Waals surface area contributed by atoms with Gasteiger partial charge >= 0.3 is 5.97 Å². The number of benzene rings is 3. The highest BCUT2D eigenvalue weighted by Gasteiger charge is 2.14. The summed E-state index contributed by atoms with van der Waals surface area (Å²) in [5.41, 5.74) is 3.61. The second-order valence-corrected chi connectivity index (χ2v) is 7.64. The van der Waals surface area contributed by atoms with E-state index in [1.54, 1.807) is 48.5 Å². The van der Waals surface area contributed by atoms with Crippen LogP contribution in [0.1, 0.15) is 33.2 Å². The Balaban J connectivity index is 1.71. The molecule has 0 saturated heterocycles. The molecule has 1 amide bonds. The van der Waals surface area contributed by atoms with Crippen LogP contribution >= 0.6 is 34.8 Å². The molecule has 6 nitrogen and oxygen atoms in total. The summed E-state index contributed by atoms with van der Waals surface area (Å²) >= 11 is 17.7. The molecule has 0 heterocycles. The van der Waals surface area contributed by atoms with E-state index in [1.807, 2.05) is 6.92 Å². The van der Waals surface area contributed by atoms with Crippen molar-refractivity contribution in [2.75, 3.05) is 6.61 Å². The maximum absolute atomic E-state index is 12.4. The van der Waals surface area contributed by atoms with Gasteiger partial charge in [-0.15, -0.1) is 0 Å². The van der Waals surface area contributed by atoms with Crippen molar-refractivity contribution in [3.8, 4) is 11.5 Å². The number of halogens is 3. The Bertz CT molecular complexity index is 1160. The number of carbonyl (C=O) groups excluding carboxylic acids is 2. The zero-order valence-corrected chi connectivity index (χ0v) is 19.0. The van der Waals surface area contributed by atoms with Gasteiger partial charge < -0.3 is 9.47 Å². The second-order valence-electron chi connectivity index (χ2n) is 6.36. The molecule has 3 rings (SSSR count). The van der Waals surface area contributed by atoms with Gasteiger partial charge in [0, 0.05) is 10.0 Å². The summed E-state index contributed by atoms with van der Waals surface area (Å²) in [4.78, 5) is 24.6. The Labute approximate surface area is 199 Å². The fourth-order valence-corrected chi connectivity index (χ4v) is 3.22. The van der Waals surface area contributed by atoms with Crippen molar-refractivity contribution in [3.63, 3.8) is 0 Å². The molecule has 0 aliphatic carbocycles. The summed E-state index contributed by atoms with van der Waals surface area (Å²) in [6, 6.07) is 15.8. The van der Waals surface area contributed by atoms with Crippen LogP contribution in [0.3, 0.4) is 0 Å².